The van der Waals surface area contributed by atoms with E-state index >= 15 is 0 Å². The highest BCUT2D eigenvalue weighted by molar-refractivity contribution is 5.83. The second-order valence-electron chi connectivity index (χ2n) is 10.4. The number of rotatable bonds is 8. The predicted octanol–water partition coefficient (Wildman–Crippen LogP) is 2.06. The molecule has 1 aromatic rings. The number of carbonyl (C=O) groups excluding carboxylic acids is 4. The normalized spacial score (nSPS) is 27.0. The summed E-state index contributed by atoms with van der Waals surface area (Å²) in [4.78, 5) is 50.3. The predicted molar refractivity (Wildman–Crippen MR) is 143 cm³/mol. The molecule has 0 radical (unpaired) electrons. The number of allylic oxidation sites excluding steroid dienone is 1. The molecule has 2 N–H and O–H groups in total. The van der Waals surface area contributed by atoms with Crippen LogP contribution >= 0.6 is 0 Å². The zero-order valence-electron chi connectivity index (χ0n) is 24.1. The molecule has 0 bridgehead atoms. The third-order valence-corrected chi connectivity index (χ3v) is 6.59. The van der Waals surface area contributed by atoms with Crippen LogP contribution in [0.15, 0.2) is 24.3 Å². The first kappa shape index (κ1) is 30.9. The van der Waals surface area contributed by atoms with Crippen LogP contribution in [0.1, 0.15) is 61.0 Å². The summed E-state index contributed by atoms with van der Waals surface area (Å²) < 4.78 is 28.3. The van der Waals surface area contributed by atoms with Gasteiger partial charge in [-0.15, -0.1) is 0 Å². The van der Waals surface area contributed by atoms with Gasteiger partial charge in [0, 0.05) is 38.9 Å². The third kappa shape index (κ3) is 6.39. The fourth-order valence-electron chi connectivity index (χ4n) is 5.32. The minimum atomic E-state index is -2.43. The van der Waals surface area contributed by atoms with E-state index in [-0.39, 0.29) is 0 Å². The van der Waals surface area contributed by atoms with Crippen molar-refractivity contribution in [3.05, 3.63) is 29.8 Å². The van der Waals surface area contributed by atoms with Crippen molar-refractivity contribution < 1.29 is 48.0 Å². The van der Waals surface area contributed by atoms with Crippen LogP contribution in [0.5, 0.6) is 5.75 Å². The summed E-state index contributed by atoms with van der Waals surface area (Å²) >= 11 is 0. The van der Waals surface area contributed by atoms with E-state index in [0.717, 1.165) is 25.0 Å². The molecule has 2 heterocycles. The minimum Gasteiger partial charge on any atom is -0.494 e. The molecule has 1 aromatic carbocycles. The molecule has 2 aliphatic heterocycles. The van der Waals surface area contributed by atoms with E-state index in [1.165, 1.54) is 13.8 Å². The van der Waals surface area contributed by atoms with E-state index in [1.807, 2.05) is 39.8 Å². The monoisotopic (exact) mass is 562 g/mol. The molecule has 12 heteroatoms. The molecule has 0 spiro atoms. The third-order valence-electron chi connectivity index (χ3n) is 6.59. The lowest BCUT2D eigenvalue weighted by Crippen LogP contribution is -2.79. The van der Waals surface area contributed by atoms with E-state index in [2.05, 4.69) is 5.32 Å². The number of benzene rings is 1. The quantitative estimate of drug-likeness (QED) is 0.272. The SMILES string of the molecule is CCOc1ccc2c(c1)C(C)=CC(C)(C)N2C1O[C@H](COC(C)=O)[C@@H](OC(C)=O)[C@H](OC(C)=O)[C@]1(O)NC(C)=O. The molecule has 0 aromatic heterocycles. The zero-order chi connectivity index (χ0) is 30.0. The van der Waals surface area contributed by atoms with Crippen molar-refractivity contribution in [3.8, 4) is 5.75 Å². The molecule has 1 saturated heterocycles. The van der Waals surface area contributed by atoms with Gasteiger partial charge in [-0.3, -0.25) is 19.2 Å². The Morgan fingerprint density at radius 1 is 1.05 bits per heavy atom. The van der Waals surface area contributed by atoms with E-state index < -0.39 is 66.2 Å². The molecule has 0 saturated carbocycles. The fourth-order valence-corrected chi connectivity index (χ4v) is 5.32. The number of ether oxygens (including phenoxy) is 5. The van der Waals surface area contributed by atoms with E-state index in [9.17, 15) is 24.3 Å². The Bertz CT molecular complexity index is 1200. The minimum absolute atomic E-state index is 0.392. The molecule has 1 unspecified atom stereocenters. The van der Waals surface area contributed by atoms with Gasteiger partial charge in [0.15, 0.2) is 18.4 Å². The number of hydrogen-bond acceptors (Lipinski definition) is 11. The largest absolute Gasteiger partial charge is 0.494 e. The molecule has 40 heavy (non-hydrogen) atoms. The molecular formula is C28H38N2O10. The molecular weight excluding hydrogens is 524 g/mol. The summed E-state index contributed by atoms with van der Waals surface area (Å²) in [6, 6.07) is 5.43. The maximum absolute atomic E-state index is 12.5. The van der Waals surface area contributed by atoms with Crippen molar-refractivity contribution in [2.45, 2.75) is 91.2 Å². The standard InChI is InChI=1S/C28H38N2O10/c1-9-36-20-10-11-22-21(12-20)15(2)13-27(7,8)30(22)26-28(35,29-16(3)31)25(39-19(6)34)24(38-18(5)33)23(40-26)14-37-17(4)32/h10-13,23-26,35H,9,14H2,1-8H3,(H,29,31)/t23-,24-,25+,26?,28-/m1/s1. The van der Waals surface area contributed by atoms with Gasteiger partial charge < -0.3 is 39.0 Å². The van der Waals surface area contributed by atoms with Crippen molar-refractivity contribution in [1.29, 1.82) is 0 Å². The van der Waals surface area contributed by atoms with Crippen LogP contribution in [0.25, 0.3) is 5.57 Å². The topological polar surface area (TPSA) is 150 Å². The van der Waals surface area contributed by atoms with Crippen LogP contribution < -0.4 is 15.0 Å². The highest BCUT2D eigenvalue weighted by Gasteiger charge is 2.63. The van der Waals surface area contributed by atoms with Crippen LogP contribution in [0.2, 0.25) is 0 Å². The molecule has 220 valence electrons. The first-order chi connectivity index (χ1) is 18.6. The number of nitrogens with one attached hydrogen (secondary N) is 1. The van der Waals surface area contributed by atoms with Gasteiger partial charge in [0.25, 0.3) is 0 Å². The Hall–Kier alpha value is -3.64. The van der Waals surface area contributed by atoms with Crippen molar-refractivity contribution in [1.82, 2.24) is 5.32 Å². The smallest absolute Gasteiger partial charge is 0.303 e. The maximum Gasteiger partial charge on any atom is 0.303 e. The molecule has 5 atom stereocenters. The second kappa shape index (κ2) is 11.8. The highest BCUT2D eigenvalue weighted by atomic mass is 16.6. The summed E-state index contributed by atoms with van der Waals surface area (Å²) in [6.07, 6.45) is -3.75. The van der Waals surface area contributed by atoms with Crippen LogP contribution in [0, 0.1) is 0 Å². The van der Waals surface area contributed by atoms with Gasteiger partial charge >= 0.3 is 17.9 Å². The second-order valence-corrected chi connectivity index (χ2v) is 10.4. The fraction of sp³-hybridized carbons (Fsp3) is 0.571. The average molecular weight is 563 g/mol. The molecule has 1 amide bonds. The van der Waals surface area contributed by atoms with Gasteiger partial charge in [0.1, 0.15) is 18.5 Å². The van der Waals surface area contributed by atoms with E-state index in [1.54, 1.807) is 17.0 Å². The number of amides is 1. The number of aliphatic hydroxyl groups is 1. The van der Waals surface area contributed by atoms with Crippen LogP contribution in [0.4, 0.5) is 5.69 Å². The number of carbonyl (C=O) groups is 4. The van der Waals surface area contributed by atoms with Crippen molar-refractivity contribution in [3.63, 3.8) is 0 Å². The molecule has 0 aliphatic carbocycles. The van der Waals surface area contributed by atoms with Gasteiger partial charge in [0.2, 0.25) is 11.6 Å². The summed E-state index contributed by atoms with van der Waals surface area (Å²) in [5, 5.41) is 14.8. The van der Waals surface area contributed by atoms with Gasteiger partial charge in [-0.1, -0.05) is 6.08 Å². The zero-order valence-corrected chi connectivity index (χ0v) is 24.1. The van der Waals surface area contributed by atoms with E-state index in [4.69, 9.17) is 23.7 Å². The van der Waals surface area contributed by atoms with Crippen molar-refractivity contribution in [2.24, 2.45) is 0 Å². The van der Waals surface area contributed by atoms with Gasteiger partial charge in [0.05, 0.1) is 12.1 Å². The lowest BCUT2D eigenvalue weighted by atomic mass is 9.84. The average Bonchev–Trinajstić information content (AvgIpc) is 2.81. The Morgan fingerprint density at radius 2 is 1.70 bits per heavy atom. The van der Waals surface area contributed by atoms with Gasteiger partial charge in [-0.2, -0.15) is 0 Å². The first-order valence-corrected chi connectivity index (χ1v) is 13.0. The number of hydrogen-bond donors (Lipinski definition) is 2. The van der Waals surface area contributed by atoms with Crippen molar-refractivity contribution in [2.75, 3.05) is 18.1 Å². The van der Waals surface area contributed by atoms with Gasteiger partial charge in [-0.05, 0) is 51.5 Å². The van der Waals surface area contributed by atoms with E-state index in [0.29, 0.717) is 18.0 Å². The van der Waals surface area contributed by atoms with Crippen LogP contribution in [-0.4, -0.2) is 77.9 Å². The number of anilines is 1. The lowest BCUT2D eigenvalue weighted by molar-refractivity contribution is -0.291. The van der Waals surface area contributed by atoms with Crippen LogP contribution in [0.3, 0.4) is 0 Å². The first-order valence-electron chi connectivity index (χ1n) is 13.0. The number of esters is 3. The summed E-state index contributed by atoms with van der Waals surface area (Å²) in [6.45, 7) is 12.3. The molecule has 3 rings (SSSR count). The molecule has 2 aliphatic rings. The summed E-state index contributed by atoms with van der Waals surface area (Å²) in [7, 11) is 0. The number of fused-ring (bicyclic) bond motifs is 1. The van der Waals surface area contributed by atoms with Crippen molar-refractivity contribution >= 4 is 35.1 Å². The Balaban J connectivity index is 2.27. The van der Waals surface area contributed by atoms with Gasteiger partial charge in [-0.25, -0.2) is 0 Å². The molecule has 1 fully saturated rings. The Labute approximate surface area is 233 Å². The number of nitrogens with zero attached hydrogens (tertiary/aromatic N) is 1. The van der Waals surface area contributed by atoms with Crippen LogP contribution in [-0.2, 0) is 38.1 Å². The highest BCUT2D eigenvalue weighted by Crippen LogP contribution is 2.46. The summed E-state index contributed by atoms with van der Waals surface area (Å²) in [5.41, 5.74) is -0.927. The Kier molecular flexibility index (Phi) is 9.15. The lowest BCUT2D eigenvalue weighted by Gasteiger charge is -2.57. The molecule has 12 nitrogen and oxygen atoms in total. The maximum atomic E-state index is 12.5. The Morgan fingerprint density at radius 3 is 2.25 bits per heavy atom. The summed E-state index contributed by atoms with van der Waals surface area (Å²) in [5.74, 6) is -2.24.